The Morgan fingerprint density at radius 3 is 2.74 bits per heavy atom. The van der Waals surface area contributed by atoms with Crippen LogP contribution in [0.4, 0.5) is 0 Å². The van der Waals surface area contributed by atoms with Gasteiger partial charge >= 0.3 is 5.97 Å². The van der Waals surface area contributed by atoms with Crippen LogP contribution in [-0.4, -0.2) is 88.0 Å². The van der Waals surface area contributed by atoms with E-state index in [1.807, 2.05) is 45.0 Å². The van der Waals surface area contributed by atoms with E-state index in [9.17, 15) is 24.6 Å². The molecule has 0 saturated carbocycles. The first-order valence-electron chi connectivity index (χ1n) is 13.2. The van der Waals surface area contributed by atoms with E-state index in [2.05, 4.69) is 16.9 Å². The van der Waals surface area contributed by atoms with Gasteiger partial charge in [0, 0.05) is 11.8 Å². The lowest BCUT2D eigenvalue weighted by Gasteiger charge is -2.42. The molecule has 0 aliphatic carbocycles. The third-order valence-electron chi connectivity index (χ3n) is 8.44. The van der Waals surface area contributed by atoms with Crippen molar-refractivity contribution in [3.8, 4) is 0 Å². The van der Waals surface area contributed by atoms with Crippen LogP contribution in [-0.2, 0) is 21.1 Å². The molecule has 4 heterocycles. The number of benzene rings is 1. The molecule has 2 N–H and O–H groups in total. The summed E-state index contributed by atoms with van der Waals surface area (Å²) in [6.45, 7) is 9.89. The highest BCUT2D eigenvalue weighted by Gasteiger charge is 2.77. The fourth-order valence-corrected chi connectivity index (χ4v) is 9.36. The lowest BCUT2D eigenvalue weighted by atomic mass is 9.66. The van der Waals surface area contributed by atoms with Gasteiger partial charge < -0.3 is 20.0 Å². The maximum atomic E-state index is 14.6. The van der Waals surface area contributed by atoms with E-state index < -0.39 is 34.6 Å². The summed E-state index contributed by atoms with van der Waals surface area (Å²) in [5, 5.41) is 28.8. The van der Waals surface area contributed by atoms with Gasteiger partial charge in [0.25, 0.3) is 0 Å². The second kappa shape index (κ2) is 10.00. The minimum Gasteiger partial charge on any atom is -0.481 e. The number of likely N-dealkylation sites (tertiary alicyclic amines) is 1. The van der Waals surface area contributed by atoms with Gasteiger partial charge in [-0.1, -0.05) is 44.2 Å². The maximum absolute atomic E-state index is 14.6. The van der Waals surface area contributed by atoms with Gasteiger partial charge in [-0.3, -0.25) is 14.4 Å². The Morgan fingerprint density at radius 2 is 2.08 bits per heavy atom. The number of aliphatic hydroxyl groups excluding tert-OH is 1. The number of amides is 2. The first-order chi connectivity index (χ1) is 18.1. The first-order valence-corrected chi connectivity index (χ1v) is 14.0. The molecular formula is C27H35N5O5S. The summed E-state index contributed by atoms with van der Waals surface area (Å²) >= 11 is 1.50. The Hall–Kier alpha value is -2.92. The molecule has 204 valence electrons. The van der Waals surface area contributed by atoms with Crippen molar-refractivity contribution in [2.75, 3.05) is 13.2 Å². The molecule has 3 aliphatic rings. The van der Waals surface area contributed by atoms with E-state index in [-0.39, 0.29) is 48.7 Å². The third kappa shape index (κ3) is 3.93. The molecule has 3 aliphatic heterocycles. The van der Waals surface area contributed by atoms with Gasteiger partial charge in [0.15, 0.2) is 0 Å². The number of hydrogen-bond acceptors (Lipinski definition) is 7. The quantitative estimate of drug-likeness (QED) is 0.438. The molecule has 1 aromatic carbocycles. The number of aromatic nitrogens is 3. The monoisotopic (exact) mass is 541 g/mol. The van der Waals surface area contributed by atoms with E-state index in [0.717, 1.165) is 5.52 Å². The highest BCUT2D eigenvalue weighted by molar-refractivity contribution is 8.02. The molecule has 3 fully saturated rings. The lowest BCUT2D eigenvalue weighted by molar-refractivity contribution is -0.150. The standard InChI is InChI=1S/C27H35N5O5S/c1-5-10-30(14-31-19-9-7-6-8-18(19)28-29-31)25(35)23-27-16(4)12-20(38-27)21(26(36)37)22(27)24(34)32(23)17(13-33)11-15(2)3/h5-9,15-17,20-23,33H,1,10-14H2,2-4H3,(H,36,37)/t16?,17-,20+,21-,22+,23?,27?/m1/s1. The normalized spacial score (nSPS) is 30.7. The Balaban J connectivity index is 1.59. The maximum Gasteiger partial charge on any atom is 0.308 e. The van der Waals surface area contributed by atoms with Crippen molar-refractivity contribution in [1.29, 1.82) is 0 Å². The number of carboxylic acids is 1. The Morgan fingerprint density at radius 1 is 1.34 bits per heavy atom. The molecule has 3 saturated heterocycles. The largest absolute Gasteiger partial charge is 0.481 e. The number of thioether (sulfide) groups is 1. The zero-order valence-electron chi connectivity index (χ0n) is 21.9. The minimum absolute atomic E-state index is 0.0443. The molecule has 1 spiro atoms. The van der Waals surface area contributed by atoms with Crippen molar-refractivity contribution in [3.63, 3.8) is 0 Å². The van der Waals surface area contributed by atoms with Crippen molar-refractivity contribution >= 4 is 40.6 Å². The number of carboxylic acid groups (broad SMARTS) is 1. The predicted molar refractivity (Wildman–Crippen MR) is 143 cm³/mol. The molecule has 0 radical (unpaired) electrons. The summed E-state index contributed by atoms with van der Waals surface area (Å²) in [6.07, 6.45) is 2.77. The van der Waals surface area contributed by atoms with Gasteiger partial charge in [0.05, 0.1) is 34.7 Å². The molecule has 2 aromatic rings. The Kier molecular flexibility index (Phi) is 7.02. The molecule has 2 bridgehead atoms. The van der Waals surface area contributed by atoms with Crippen LogP contribution in [0.5, 0.6) is 0 Å². The van der Waals surface area contributed by atoms with Crippen molar-refractivity contribution in [1.82, 2.24) is 24.8 Å². The van der Waals surface area contributed by atoms with Gasteiger partial charge in [-0.25, -0.2) is 4.68 Å². The molecule has 10 nitrogen and oxygen atoms in total. The average molecular weight is 542 g/mol. The SMILES string of the molecule is C=CCN(Cn1nnc2ccccc21)C(=O)C1N([C@@H](CO)CC(C)C)C(=O)[C@@H]2[C@H](C(=O)O)[C@@H]3CC(C)C12S3. The van der Waals surface area contributed by atoms with E-state index in [0.29, 0.717) is 18.4 Å². The Labute approximate surface area is 226 Å². The summed E-state index contributed by atoms with van der Waals surface area (Å²) in [4.78, 5) is 44.3. The van der Waals surface area contributed by atoms with Crippen molar-refractivity contribution in [3.05, 3.63) is 36.9 Å². The highest BCUT2D eigenvalue weighted by Crippen LogP contribution is 2.69. The fourth-order valence-electron chi connectivity index (χ4n) is 6.96. The van der Waals surface area contributed by atoms with Gasteiger partial charge in [-0.15, -0.1) is 23.4 Å². The summed E-state index contributed by atoms with van der Waals surface area (Å²) in [5.41, 5.74) is 1.48. The van der Waals surface area contributed by atoms with E-state index in [1.54, 1.807) is 20.6 Å². The number of rotatable bonds is 10. The summed E-state index contributed by atoms with van der Waals surface area (Å²) in [5.74, 6) is -3.16. The second-order valence-corrected chi connectivity index (χ2v) is 12.7. The highest BCUT2D eigenvalue weighted by atomic mass is 32.2. The van der Waals surface area contributed by atoms with Crippen LogP contribution in [0.25, 0.3) is 11.0 Å². The van der Waals surface area contributed by atoms with Crippen LogP contribution in [0.3, 0.4) is 0 Å². The number of carbonyl (C=O) groups excluding carboxylic acids is 2. The van der Waals surface area contributed by atoms with Crippen molar-refractivity contribution in [2.24, 2.45) is 23.7 Å². The van der Waals surface area contributed by atoms with Crippen LogP contribution in [0.15, 0.2) is 36.9 Å². The minimum atomic E-state index is -0.996. The lowest BCUT2D eigenvalue weighted by Crippen LogP contribution is -2.59. The third-order valence-corrected chi connectivity index (χ3v) is 10.5. The number of fused-ring (bicyclic) bond motifs is 2. The predicted octanol–water partition coefficient (Wildman–Crippen LogP) is 2.23. The molecule has 38 heavy (non-hydrogen) atoms. The topological polar surface area (TPSA) is 129 Å². The zero-order chi connectivity index (χ0) is 27.4. The number of carbonyl (C=O) groups is 3. The van der Waals surface area contributed by atoms with Gasteiger partial charge in [0.1, 0.15) is 18.2 Å². The van der Waals surface area contributed by atoms with Crippen LogP contribution in [0.1, 0.15) is 33.6 Å². The summed E-state index contributed by atoms with van der Waals surface area (Å²) in [6, 6.07) is 5.98. The average Bonchev–Trinajstić information content (AvgIpc) is 3.59. The Bertz CT molecular complexity index is 1270. The van der Waals surface area contributed by atoms with Crippen LogP contribution >= 0.6 is 11.8 Å². The van der Waals surface area contributed by atoms with Crippen molar-refractivity contribution < 1.29 is 24.6 Å². The van der Waals surface area contributed by atoms with Gasteiger partial charge in [0.2, 0.25) is 11.8 Å². The smallest absolute Gasteiger partial charge is 0.308 e. The zero-order valence-corrected chi connectivity index (χ0v) is 22.8. The number of nitrogens with zero attached hydrogens (tertiary/aromatic N) is 5. The molecule has 7 atom stereocenters. The molecule has 11 heteroatoms. The van der Waals surface area contributed by atoms with E-state index in [4.69, 9.17) is 0 Å². The molecular weight excluding hydrogens is 506 g/mol. The number of aliphatic hydroxyl groups is 1. The van der Waals surface area contributed by atoms with E-state index in [1.165, 1.54) is 11.8 Å². The van der Waals surface area contributed by atoms with Crippen LogP contribution in [0, 0.1) is 23.7 Å². The summed E-state index contributed by atoms with van der Waals surface area (Å²) in [7, 11) is 0. The molecule has 1 aromatic heterocycles. The number of hydrogen-bond donors (Lipinski definition) is 2. The molecule has 3 unspecified atom stereocenters. The molecule has 5 rings (SSSR count). The number of aliphatic carboxylic acids is 1. The van der Waals surface area contributed by atoms with Crippen molar-refractivity contribution in [2.45, 2.75) is 62.4 Å². The van der Waals surface area contributed by atoms with Gasteiger partial charge in [-0.05, 0) is 36.8 Å². The van der Waals surface area contributed by atoms with E-state index >= 15 is 0 Å². The first kappa shape index (κ1) is 26.7. The fraction of sp³-hybridized carbons (Fsp3) is 0.593. The van der Waals surface area contributed by atoms with Gasteiger partial charge in [-0.2, -0.15) is 0 Å². The van der Waals surface area contributed by atoms with Crippen LogP contribution in [0.2, 0.25) is 0 Å². The number of para-hydroxylation sites is 1. The van der Waals surface area contributed by atoms with Crippen LogP contribution < -0.4 is 0 Å². The molecule has 2 amide bonds. The summed E-state index contributed by atoms with van der Waals surface area (Å²) < 4.78 is 0.767. The second-order valence-electron chi connectivity index (χ2n) is 11.2.